The van der Waals surface area contributed by atoms with Crippen LogP contribution in [0.5, 0.6) is 0 Å². The van der Waals surface area contributed by atoms with Gasteiger partial charge in [-0.15, -0.1) is 0 Å². The second-order valence-corrected chi connectivity index (χ2v) is 9.23. The third-order valence-electron chi connectivity index (χ3n) is 4.57. The topological polar surface area (TPSA) is 38.7 Å². The molecule has 0 spiro atoms. The van der Waals surface area contributed by atoms with Crippen molar-refractivity contribution in [2.75, 3.05) is 13.1 Å². The van der Waals surface area contributed by atoms with Gasteiger partial charge in [0, 0.05) is 24.1 Å². The number of benzene rings is 1. The van der Waals surface area contributed by atoms with Crippen molar-refractivity contribution in [3.63, 3.8) is 0 Å². The van der Waals surface area contributed by atoms with E-state index in [0.717, 1.165) is 19.1 Å². The molecule has 152 valence electrons. The molecule has 1 aliphatic heterocycles. The van der Waals surface area contributed by atoms with Gasteiger partial charge in [0.25, 0.3) is 0 Å². The van der Waals surface area contributed by atoms with Crippen LogP contribution in [0.3, 0.4) is 0 Å². The third-order valence-corrected chi connectivity index (χ3v) is 6.09. The van der Waals surface area contributed by atoms with Crippen molar-refractivity contribution < 1.29 is 26.5 Å². The molecule has 27 heavy (non-hydrogen) atoms. The van der Waals surface area contributed by atoms with E-state index in [1.54, 1.807) is 20.8 Å². The molecular formula is C17H20ClF5N2OS. The molecule has 2 atom stereocenters. The molecule has 3 nitrogen and oxygen atoms in total. The van der Waals surface area contributed by atoms with Crippen LogP contribution in [0.1, 0.15) is 33.3 Å². The average Bonchev–Trinajstić information content (AvgIpc) is 2.53. The number of hydrogen-bond acceptors (Lipinski definition) is 3. The predicted molar refractivity (Wildman–Crippen MR) is 96.4 cm³/mol. The quantitative estimate of drug-likeness (QED) is 0.292. The zero-order valence-corrected chi connectivity index (χ0v) is 16.8. The summed E-state index contributed by atoms with van der Waals surface area (Å²) in [4.78, 5) is 1.18. The second-order valence-electron chi connectivity index (χ2n) is 7.17. The molecule has 1 aromatic carbocycles. The maximum absolute atomic E-state index is 14.6. The summed E-state index contributed by atoms with van der Waals surface area (Å²) in [7, 11) is 0. The van der Waals surface area contributed by atoms with E-state index >= 15 is 0 Å². The van der Waals surface area contributed by atoms with E-state index in [1.165, 1.54) is 4.90 Å². The van der Waals surface area contributed by atoms with Gasteiger partial charge >= 0.3 is 6.18 Å². The van der Waals surface area contributed by atoms with E-state index in [1.807, 2.05) is 0 Å². The highest BCUT2D eigenvalue weighted by Gasteiger charge is 2.52. The maximum Gasteiger partial charge on any atom is 0.403 e. The van der Waals surface area contributed by atoms with Gasteiger partial charge in [-0.25, -0.2) is 8.78 Å². The molecule has 0 amide bonds. The molecule has 1 aromatic rings. The number of hydrogen-bond donors (Lipinski definition) is 0. The molecule has 1 saturated heterocycles. The lowest BCUT2D eigenvalue weighted by atomic mass is 9.74. The number of likely N-dealkylation sites (tertiary alicyclic amines) is 1. The monoisotopic (exact) mass is 430 g/mol. The highest BCUT2D eigenvalue weighted by molar-refractivity contribution is 7.90. The second kappa shape index (κ2) is 7.85. The fourth-order valence-corrected chi connectivity index (χ4v) is 3.74. The Kier molecular flexibility index (Phi) is 6.51. The minimum Gasteiger partial charge on any atom is -0.591 e. The van der Waals surface area contributed by atoms with Crippen LogP contribution in [0, 0.1) is 17.0 Å². The first-order valence-corrected chi connectivity index (χ1v) is 9.77. The van der Waals surface area contributed by atoms with Crippen molar-refractivity contribution in [2.45, 2.75) is 45.2 Å². The molecule has 0 radical (unpaired) electrons. The standard InChI is InChI=1S/C17H20ClF5N2OS/c1-9(2)27(26)24-15(11-5-6-12(19)13(18)14(11)20)16(4)7-25(8-16)10(3)17(21,22)23/h5-6,9-10H,7-8H2,1-4H3/t10?,27-/m1/s1. The Bertz CT molecular complexity index is 735. The van der Waals surface area contributed by atoms with Crippen LogP contribution in [0.15, 0.2) is 16.5 Å². The molecular weight excluding hydrogens is 411 g/mol. The first-order valence-electron chi connectivity index (χ1n) is 8.22. The molecule has 0 bridgehead atoms. The van der Waals surface area contributed by atoms with Gasteiger partial charge in [0.1, 0.15) is 27.8 Å². The fraction of sp³-hybridized carbons (Fsp3) is 0.588. The largest absolute Gasteiger partial charge is 0.591 e. The van der Waals surface area contributed by atoms with Gasteiger partial charge in [-0.05, 0) is 32.9 Å². The van der Waals surface area contributed by atoms with Crippen LogP contribution in [0.4, 0.5) is 22.0 Å². The van der Waals surface area contributed by atoms with Gasteiger partial charge in [0.15, 0.2) is 5.82 Å². The lowest BCUT2D eigenvalue weighted by molar-refractivity contribution is -0.196. The van der Waals surface area contributed by atoms with Gasteiger partial charge in [0.05, 0.1) is 11.4 Å². The Labute approximate surface area is 162 Å². The van der Waals surface area contributed by atoms with Gasteiger partial charge in [-0.2, -0.15) is 13.2 Å². The third kappa shape index (κ3) is 4.58. The maximum atomic E-state index is 14.6. The first-order chi connectivity index (χ1) is 12.3. The molecule has 1 fully saturated rings. The van der Waals surface area contributed by atoms with Crippen LogP contribution in [0.25, 0.3) is 0 Å². The van der Waals surface area contributed by atoms with Crippen molar-refractivity contribution in [3.05, 3.63) is 34.4 Å². The highest BCUT2D eigenvalue weighted by atomic mass is 35.5. The van der Waals surface area contributed by atoms with Crippen LogP contribution >= 0.6 is 11.6 Å². The number of alkyl halides is 3. The first kappa shape index (κ1) is 22.4. The Morgan fingerprint density at radius 1 is 1.26 bits per heavy atom. The molecule has 10 heteroatoms. The summed E-state index contributed by atoms with van der Waals surface area (Å²) in [5.41, 5.74) is -1.11. The van der Waals surface area contributed by atoms with Gasteiger partial charge in [-0.3, -0.25) is 4.90 Å². The molecule has 0 aromatic heterocycles. The van der Waals surface area contributed by atoms with E-state index < -0.39 is 45.7 Å². The summed E-state index contributed by atoms with van der Waals surface area (Å²) >= 11 is 3.90. The van der Waals surface area contributed by atoms with Crippen molar-refractivity contribution >= 4 is 28.7 Å². The Morgan fingerprint density at radius 2 is 1.81 bits per heavy atom. The summed E-state index contributed by atoms with van der Waals surface area (Å²) in [5, 5.41) is -1.12. The fourth-order valence-electron chi connectivity index (χ4n) is 2.87. The molecule has 0 N–H and O–H groups in total. The number of halogens is 6. The van der Waals surface area contributed by atoms with Crippen molar-refractivity contribution in [2.24, 2.45) is 9.81 Å². The summed E-state index contributed by atoms with van der Waals surface area (Å²) in [6, 6.07) is 0.393. The molecule has 0 saturated carbocycles. The van der Waals surface area contributed by atoms with Crippen LogP contribution in [-0.4, -0.2) is 45.7 Å². The summed E-state index contributed by atoms with van der Waals surface area (Å²) in [5.74, 6) is -2.03. The predicted octanol–water partition coefficient (Wildman–Crippen LogP) is 4.75. The Balaban J connectivity index is 2.43. The lowest BCUT2D eigenvalue weighted by Gasteiger charge is -2.51. The average molecular weight is 431 g/mol. The smallest absolute Gasteiger partial charge is 0.403 e. The van der Waals surface area contributed by atoms with Gasteiger partial charge in [0.2, 0.25) is 0 Å². The zero-order chi connectivity index (χ0) is 20.7. The molecule has 1 unspecified atom stereocenters. The van der Waals surface area contributed by atoms with Crippen molar-refractivity contribution in [3.8, 4) is 0 Å². The Morgan fingerprint density at radius 3 is 2.30 bits per heavy atom. The van der Waals surface area contributed by atoms with E-state index in [9.17, 15) is 26.5 Å². The highest BCUT2D eigenvalue weighted by Crippen LogP contribution is 2.40. The summed E-state index contributed by atoms with van der Waals surface area (Å²) in [6.07, 6.45) is -4.40. The van der Waals surface area contributed by atoms with E-state index in [4.69, 9.17) is 11.6 Å². The van der Waals surface area contributed by atoms with Gasteiger partial charge < -0.3 is 4.55 Å². The normalized spacial score (nSPS) is 20.5. The van der Waals surface area contributed by atoms with Crippen LogP contribution in [-0.2, 0) is 11.4 Å². The molecule has 0 aliphatic carbocycles. The number of rotatable bonds is 5. The molecule has 1 heterocycles. The van der Waals surface area contributed by atoms with Crippen molar-refractivity contribution in [1.29, 1.82) is 0 Å². The van der Waals surface area contributed by atoms with E-state index in [0.29, 0.717) is 0 Å². The van der Waals surface area contributed by atoms with E-state index in [-0.39, 0.29) is 29.6 Å². The van der Waals surface area contributed by atoms with Crippen LogP contribution < -0.4 is 0 Å². The number of nitrogens with zero attached hydrogens (tertiary/aromatic N) is 2. The SMILES string of the molecule is CC(C)[S@@+]([O-])N=C(c1ccc(F)c(Cl)c1F)C1(C)CN(C(C)C(F)(F)F)C1. The van der Waals surface area contributed by atoms with Crippen LogP contribution in [0.2, 0.25) is 5.02 Å². The lowest BCUT2D eigenvalue weighted by Crippen LogP contribution is -2.64. The molecule has 2 rings (SSSR count). The van der Waals surface area contributed by atoms with Gasteiger partial charge in [-0.1, -0.05) is 22.9 Å². The van der Waals surface area contributed by atoms with E-state index in [2.05, 4.69) is 4.40 Å². The summed E-state index contributed by atoms with van der Waals surface area (Å²) in [6.45, 7) is 5.82. The Hall–Kier alpha value is -0.900. The zero-order valence-electron chi connectivity index (χ0n) is 15.2. The van der Waals surface area contributed by atoms with Crippen molar-refractivity contribution in [1.82, 2.24) is 4.90 Å². The molecule has 1 aliphatic rings. The minimum atomic E-state index is -4.40. The minimum absolute atomic E-state index is 0.0274. The summed E-state index contributed by atoms with van der Waals surface area (Å²) < 4.78 is 83.2.